The highest BCUT2D eigenvalue weighted by Gasteiger charge is 2.41. The number of halogens is 4. The van der Waals surface area contributed by atoms with Crippen LogP contribution in [0.5, 0.6) is 0 Å². The first-order chi connectivity index (χ1) is 14.3. The van der Waals surface area contributed by atoms with Crippen LogP contribution in [0.1, 0.15) is 5.56 Å². The van der Waals surface area contributed by atoms with Crippen LogP contribution in [0.2, 0.25) is 0 Å². The lowest BCUT2D eigenvalue weighted by Crippen LogP contribution is -2.33. The Morgan fingerprint density at radius 3 is 1.83 bits per heavy atom. The van der Waals surface area contributed by atoms with Crippen molar-refractivity contribution in [1.82, 2.24) is 0 Å². The van der Waals surface area contributed by atoms with Crippen molar-refractivity contribution in [1.29, 1.82) is 0 Å². The normalized spacial score (nSPS) is 13.9. The molecule has 3 aromatic carbocycles. The van der Waals surface area contributed by atoms with E-state index in [1.54, 1.807) is 0 Å². The summed E-state index contributed by atoms with van der Waals surface area (Å²) in [4.78, 5) is 26.7. The number of hydrogen-bond acceptors (Lipinski definition) is 3. The smallest absolute Gasteiger partial charge is 0.282 e. The minimum absolute atomic E-state index is 0.131. The Balaban J connectivity index is 1.83. The number of benzene rings is 3. The summed E-state index contributed by atoms with van der Waals surface area (Å²) >= 11 is 0. The molecule has 1 heterocycles. The number of hydrogen-bond donors (Lipinski definition) is 1. The predicted octanol–water partition coefficient (Wildman–Crippen LogP) is 4.64. The maximum absolute atomic E-state index is 14.3. The monoisotopic (exact) mass is 412 g/mol. The fourth-order valence-electron chi connectivity index (χ4n) is 3.09. The van der Waals surface area contributed by atoms with Crippen LogP contribution in [0, 0.1) is 23.3 Å². The second-order valence-electron chi connectivity index (χ2n) is 6.43. The molecule has 4 rings (SSSR count). The summed E-state index contributed by atoms with van der Waals surface area (Å²) in [6, 6.07) is 12.3. The zero-order valence-corrected chi connectivity index (χ0v) is 15.1. The van der Waals surface area contributed by atoms with Gasteiger partial charge < -0.3 is 5.32 Å². The molecule has 0 fully saturated rings. The van der Waals surface area contributed by atoms with Crippen molar-refractivity contribution in [3.05, 3.63) is 101 Å². The first kappa shape index (κ1) is 19.4. The minimum Gasteiger partial charge on any atom is -0.350 e. The molecule has 0 spiro atoms. The van der Waals surface area contributed by atoms with Crippen LogP contribution in [-0.4, -0.2) is 11.8 Å². The first-order valence-electron chi connectivity index (χ1n) is 8.72. The van der Waals surface area contributed by atoms with Gasteiger partial charge in [-0.25, -0.2) is 22.5 Å². The van der Waals surface area contributed by atoms with E-state index < -0.39 is 40.8 Å². The molecule has 0 atom stereocenters. The van der Waals surface area contributed by atoms with Gasteiger partial charge in [-0.1, -0.05) is 12.1 Å². The molecule has 150 valence electrons. The largest absolute Gasteiger partial charge is 0.350 e. The van der Waals surface area contributed by atoms with E-state index >= 15 is 0 Å². The van der Waals surface area contributed by atoms with E-state index in [0.717, 1.165) is 36.4 Å². The standard InChI is InChI=1S/C22H12F4N2O2/c23-13-3-1-12(2-4-13)19-20(27-16-8-5-14(24)6-9-16)22(30)28(21(19)29)18-10-7-15(25)11-17(18)26/h1-11,27H. The zero-order valence-electron chi connectivity index (χ0n) is 15.1. The molecule has 8 heteroatoms. The molecule has 0 aliphatic carbocycles. The van der Waals surface area contributed by atoms with Gasteiger partial charge >= 0.3 is 0 Å². The van der Waals surface area contributed by atoms with Crippen LogP contribution < -0.4 is 10.2 Å². The molecule has 0 radical (unpaired) electrons. The van der Waals surface area contributed by atoms with Gasteiger partial charge in [0, 0.05) is 11.8 Å². The molecule has 0 aromatic heterocycles. The summed E-state index contributed by atoms with van der Waals surface area (Å²) in [6.07, 6.45) is 0. The number of nitrogens with one attached hydrogen (secondary N) is 1. The van der Waals surface area contributed by atoms with Crippen LogP contribution in [0.4, 0.5) is 28.9 Å². The quantitative estimate of drug-likeness (QED) is 0.502. The number of carbonyl (C=O) groups excluding carboxylic acids is 2. The Labute approximate surface area is 168 Å². The number of nitrogens with zero attached hydrogens (tertiary/aromatic N) is 1. The molecule has 30 heavy (non-hydrogen) atoms. The van der Waals surface area contributed by atoms with Gasteiger partial charge in [-0.05, 0) is 54.1 Å². The van der Waals surface area contributed by atoms with Gasteiger partial charge in [0.1, 0.15) is 29.0 Å². The van der Waals surface area contributed by atoms with Crippen LogP contribution in [0.3, 0.4) is 0 Å². The average molecular weight is 412 g/mol. The summed E-state index contributed by atoms with van der Waals surface area (Å²) in [5.41, 5.74) is -0.255. The number of rotatable bonds is 4. The molecule has 4 nitrogen and oxygen atoms in total. The van der Waals surface area contributed by atoms with Crippen molar-refractivity contribution < 1.29 is 27.2 Å². The van der Waals surface area contributed by atoms with Gasteiger partial charge in [0.05, 0.1) is 11.3 Å². The third kappa shape index (κ3) is 3.43. The molecule has 0 bridgehead atoms. The van der Waals surface area contributed by atoms with Gasteiger partial charge in [0.15, 0.2) is 0 Å². The minimum atomic E-state index is -1.10. The third-order valence-electron chi connectivity index (χ3n) is 4.48. The van der Waals surface area contributed by atoms with Gasteiger partial charge in [-0.3, -0.25) is 9.59 Å². The van der Waals surface area contributed by atoms with Crippen molar-refractivity contribution in [2.24, 2.45) is 0 Å². The second kappa shape index (κ2) is 7.47. The molecule has 0 unspecified atom stereocenters. The fourth-order valence-corrected chi connectivity index (χ4v) is 3.09. The van der Waals surface area contributed by atoms with Crippen molar-refractivity contribution in [3.8, 4) is 0 Å². The highest BCUT2D eigenvalue weighted by atomic mass is 19.1. The summed E-state index contributed by atoms with van der Waals surface area (Å²) in [7, 11) is 0. The molecule has 3 aromatic rings. The maximum Gasteiger partial charge on any atom is 0.282 e. The van der Waals surface area contributed by atoms with Crippen molar-refractivity contribution in [2.75, 3.05) is 10.2 Å². The Hall–Kier alpha value is -3.94. The maximum atomic E-state index is 14.3. The van der Waals surface area contributed by atoms with E-state index in [0.29, 0.717) is 16.7 Å². The molecular weight excluding hydrogens is 400 g/mol. The van der Waals surface area contributed by atoms with Gasteiger partial charge in [-0.15, -0.1) is 0 Å². The molecular formula is C22H12F4N2O2. The molecule has 2 amide bonds. The van der Waals surface area contributed by atoms with Crippen molar-refractivity contribution in [2.45, 2.75) is 0 Å². The molecule has 1 N–H and O–H groups in total. The van der Waals surface area contributed by atoms with E-state index in [9.17, 15) is 27.2 Å². The van der Waals surface area contributed by atoms with Crippen molar-refractivity contribution >= 4 is 28.8 Å². The van der Waals surface area contributed by atoms with Crippen LogP contribution in [-0.2, 0) is 9.59 Å². The second-order valence-corrected chi connectivity index (χ2v) is 6.43. The highest BCUT2D eigenvalue weighted by Crippen LogP contribution is 2.35. The van der Waals surface area contributed by atoms with Gasteiger partial charge in [0.2, 0.25) is 0 Å². The topological polar surface area (TPSA) is 49.4 Å². The van der Waals surface area contributed by atoms with E-state index in [-0.39, 0.29) is 16.8 Å². The van der Waals surface area contributed by atoms with Gasteiger partial charge in [-0.2, -0.15) is 0 Å². The first-order valence-corrected chi connectivity index (χ1v) is 8.72. The highest BCUT2D eigenvalue weighted by molar-refractivity contribution is 6.46. The third-order valence-corrected chi connectivity index (χ3v) is 4.48. The lowest BCUT2D eigenvalue weighted by molar-refractivity contribution is -0.120. The number of carbonyl (C=O) groups is 2. The average Bonchev–Trinajstić information content (AvgIpc) is 2.95. The van der Waals surface area contributed by atoms with E-state index in [2.05, 4.69) is 5.32 Å². The lowest BCUT2D eigenvalue weighted by atomic mass is 10.0. The fraction of sp³-hybridized carbons (Fsp3) is 0. The number of imide groups is 1. The Morgan fingerprint density at radius 1 is 0.667 bits per heavy atom. The van der Waals surface area contributed by atoms with E-state index in [4.69, 9.17) is 0 Å². The van der Waals surface area contributed by atoms with E-state index in [1.165, 1.54) is 24.3 Å². The number of anilines is 2. The summed E-state index contributed by atoms with van der Waals surface area (Å²) < 4.78 is 54.2. The number of amides is 2. The zero-order chi connectivity index (χ0) is 21.4. The molecule has 0 saturated carbocycles. The van der Waals surface area contributed by atoms with E-state index in [1.807, 2.05) is 0 Å². The SMILES string of the molecule is O=C1C(Nc2ccc(F)cc2)=C(c2ccc(F)cc2)C(=O)N1c1ccc(F)cc1F. The summed E-state index contributed by atoms with van der Waals surface area (Å²) in [6.45, 7) is 0. The van der Waals surface area contributed by atoms with Crippen LogP contribution in [0.25, 0.3) is 5.57 Å². The Morgan fingerprint density at radius 2 is 1.23 bits per heavy atom. The molecule has 1 aliphatic rings. The van der Waals surface area contributed by atoms with Gasteiger partial charge in [0.25, 0.3) is 11.8 Å². The van der Waals surface area contributed by atoms with Crippen molar-refractivity contribution in [3.63, 3.8) is 0 Å². The Bertz CT molecular complexity index is 1190. The summed E-state index contributed by atoms with van der Waals surface area (Å²) in [5.74, 6) is -4.79. The molecule has 1 aliphatic heterocycles. The van der Waals surface area contributed by atoms with Crippen LogP contribution >= 0.6 is 0 Å². The molecule has 0 saturated heterocycles. The van der Waals surface area contributed by atoms with Crippen LogP contribution in [0.15, 0.2) is 72.4 Å². The Kier molecular flexibility index (Phi) is 4.83. The lowest BCUT2D eigenvalue weighted by Gasteiger charge is -2.16. The predicted molar refractivity (Wildman–Crippen MR) is 102 cm³/mol. The summed E-state index contributed by atoms with van der Waals surface area (Å²) in [5, 5.41) is 2.75.